The number of rotatable bonds is 6. The lowest BCUT2D eigenvalue weighted by atomic mass is 9.97. The molecule has 3 aromatic rings. The highest BCUT2D eigenvalue weighted by molar-refractivity contribution is 6.15. The van der Waals surface area contributed by atoms with Gasteiger partial charge >= 0.3 is 5.97 Å². The second-order valence-corrected chi connectivity index (χ2v) is 6.03. The first-order valence-corrected chi connectivity index (χ1v) is 8.30. The Morgan fingerprint density at radius 2 is 1.68 bits per heavy atom. The normalized spacial score (nSPS) is 10.5. The molecule has 7 heteroatoms. The van der Waals surface area contributed by atoms with Crippen LogP contribution in [0.3, 0.4) is 0 Å². The van der Waals surface area contributed by atoms with Crippen LogP contribution in [0, 0.1) is 17.0 Å². The lowest BCUT2D eigenvalue weighted by molar-refractivity contribution is 0.0693. The van der Waals surface area contributed by atoms with Gasteiger partial charge in [0, 0.05) is 17.8 Å². The Labute approximate surface area is 159 Å². The molecule has 0 spiro atoms. The van der Waals surface area contributed by atoms with Crippen molar-refractivity contribution < 1.29 is 23.8 Å². The predicted molar refractivity (Wildman–Crippen MR) is 101 cm³/mol. The van der Waals surface area contributed by atoms with Crippen LogP contribution in [-0.2, 0) is 6.54 Å². The van der Waals surface area contributed by atoms with Gasteiger partial charge in [0.1, 0.15) is 22.9 Å². The average Bonchev–Trinajstić information content (AvgIpc) is 2.68. The first-order chi connectivity index (χ1) is 13.4. The fraction of sp³-hybridized carbons (Fsp3) is 0.0476. The number of carbonyl (C=O) groups is 1. The molecule has 0 saturated heterocycles. The molecule has 5 nitrogen and oxygen atoms in total. The van der Waals surface area contributed by atoms with E-state index in [0.717, 1.165) is 17.7 Å². The number of benzene rings is 3. The molecule has 0 aliphatic carbocycles. The molecule has 28 heavy (non-hydrogen) atoms. The van der Waals surface area contributed by atoms with Crippen molar-refractivity contribution >= 4 is 17.4 Å². The van der Waals surface area contributed by atoms with Gasteiger partial charge < -0.3 is 15.5 Å². The average molecular weight is 382 g/mol. The molecule has 0 saturated carbocycles. The minimum atomic E-state index is -1.51. The van der Waals surface area contributed by atoms with Crippen LogP contribution in [0.15, 0.2) is 60.7 Å². The number of anilines is 1. The second kappa shape index (κ2) is 7.87. The first-order valence-electron chi connectivity index (χ1n) is 8.30. The summed E-state index contributed by atoms with van der Waals surface area (Å²) >= 11 is 0. The number of carboxylic acids is 1. The Morgan fingerprint density at radius 1 is 0.964 bits per heavy atom. The van der Waals surface area contributed by atoms with Crippen LogP contribution in [0.25, 0.3) is 0 Å². The van der Waals surface area contributed by atoms with Gasteiger partial charge in [0.15, 0.2) is 0 Å². The number of aromatic carboxylic acids is 1. The lowest BCUT2D eigenvalue weighted by Gasteiger charge is -2.15. The van der Waals surface area contributed by atoms with Crippen LogP contribution in [0.2, 0.25) is 0 Å². The number of hydrogen-bond donors (Lipinski definition) is 4. The molecule has 0 aliphatic rings. The third kappa shape index (κ3) is 3.83. The zero-order valence-corrected chi connectivity index (χ0v) is 14.5. The van der Waals surface area contributed by atoms with E-state index in [4.69, 9.17) is 10.5 Å². The Morgan fingerprint density at radius 3 is 2.36 bits per heavy atom. The summed E-state index contributed by atoms with van der Waals surface area (Å²) in [6.45, 7) is 0.357. The molecule has 0 heterocycles. The molecule has 0 fully saturated rings. The molecule has 0 amide bonds. The SMILES string of the molecule is N=C(c1cc(O)c(C(=O)O)cc1F)c1c(F)cccc1NCc1ccccc1. The number of aromatic hydroxyl groups is 1. The molecule has 4 N–H and O–H groups in total. The van der Waals surface area contributed by atoms with Crippen LogP contribution >= 0.6 is 0 Å². The van der Waals surface area contributed by atoms with Gasteiger partial charge in [-0.05, 0) is 29.8 Å². The molecule has 0 atom stereocenters. The van der Waals surface area contributed by atoms with Gasteiger partial charge in [-0.3, -0.25) is 5.41 Å². The van der Waals surface area contributed by atoms with E-state index < -0.39 is 40.2 Å². The predicted octanol–water partition coefficient (Wildman–Crippen LogP) is 4.40. The highest BCUT2D eigenvalue weighted by Crippen LogP contribution is 2.28. The van der Waals surface area contributed by atoms with Crippen molar-refractivity contribution in [3.05, 3.63) is 94.6 Å². The van der Waals surface area contributed by atoms with Gasteiger partial charge in [-0.1, -0.05) is 36.4 Å². The number of carboxylic acid groups (broad SMARTS) is 1. The largest absolute Gasteiger partial charge is 0.507 e. The number of halogens is 2. The van der Waals surface area contributed by atoms with Crippen molar-refractivity contribution in [2.45, 2.75) is 6.54 Å². The molecule has 0 aromatic heterocycles. The zero-order valence-electron chi connectivity index (χ0n) is 14.5. The summed E-state index contributed by atoms with van der Waals surface area (Å²) < 4.78 is 28.9. The zero-order chi connectivity index (χ0) is 20.3. The monoisotopic (exact) mass is 382 g/mol. The number of nitrogens with one attached hydrogen (secondary N) is 2. The molecule has 0 bridgehead atoms. The van der Waals surface area contributed by atoms with E-state index in [2.05, 4.69) is 5.32 Å². The number of hydrogen-bond acceptors (Lipinski definition) is 4. The maximum Gasteiger partial charge on any atom is 0.339 e. The lowest BCUT2D eigenvalue weighted by Crippen LogP contribution is -2.12. The molecule has 142 valence electrons. The Bertz CT molecular complexity index is 1050. The minimum Gasteiger partial charge on any atom is -0.507 e. The van der Waals surface area contributed by atoms with Crippen molar-refractivity contribution in [1.82, 2.24) is 0 Å². The Hall–Kier alpha value is -3.74. The number of phenols is 1. The Balaban J connectivity index is 1.98. The second-order valence-electron chi connectivity index (χ2n) is 6.03. The van der Waals surface area contributed by atoms with Crippen molar-refractivity contribution in [3.63, 3.8) is 0 Å². The Kier molecular flexibility index (Phi) is 5.35. The molecule has 0 aliphatic heterocycles. The summed E-state index contributed by atoms with van der Waals surface area (Å²) in [4.78, 5) is 11.0. The summed E-state index contributed by atoms with van der Waals surface area (Å²) in [7, 11) is 0. The summed E-state index contributed by atoms with van der Waals surface area (Å²) in [5.41, 5.74) is -0.535. The molecular weight excluding hydrogens is 366 g/mol. The third-order valence-corrected chi connectivity index (χ3v) is 4.17. The van der Waals surface area contributed by atoms with Gasteiger partial charge in [-0.2, -0.15) is 0 Å². The quantitative estimate of drug-likeness (QED) is 0.476. The topological polar surface area (TPSA) is 93.4 Å². The molecule has 0 radical (unpaired) electrons. The van der Waals surface area contributed by atoms with E-state index in [1.165, 1.54) is 6.07 Å². The van der Waals surface area contributed by atoms with Crippen molar-refractivity contribution in [3.8, 4) is 5.75 Å². The van der Waals surface area contributed by atoms with Crippen LogP contribution in [0.1, 0.15) is 27.0 Å². The smallest absolute Gasteiger partial charge is 0.339 e. The van der Waals surface area contributed by atoms with Gasteiger partial charge in [-0.15, -0.1) is 0 Å². The summed E-state index contributed by atoms with van der Waals surface area (Å²) in [5.74, 6) is -4.00. The van der Waals surface area contributed by atoms with E-state index in [1.54, 1.807) is 6.07 Å². The fourth-order valence-corrected chi connectivity index (χ4v) is 2.78. The van der Waals surface area contributed by atoms with E-state index in [1.807, 2.05) is 30.3 Å². The maximum absolute atomic E-state index is 14.5. The fourth-order valence-electron chi connectivity index (χ4n) is 2.78. The minimum absolute atomic E-state index is 0.181. The van der Waals surface area contributed by atoms with Crippen LogP contribution in [0.5, 0.6) is 5.75 Å². The van der Waals surface area contributed by atoms with Crippen molar-refractivity contribution in [2.24, 2.45) is 0 Å². The highest BCUT2D eigenvalue weighted by Gasteiger charge is 2.21. The molecular formula is C21H16F2N2O3. The summed E-state index contributed by atoms with van der Waals surface area (Å²) in [6.07, 6.45) is 0. The van der Waals surface area contributed by atoms with Crippen LogP contribution in [-0.4, -0.2) is 21.9 Å². The van der Waals surface area contributed by atoms with Crippen molar-refractivity contribution in [1.29, 1.82) is 5.41 Å². The summed E-state index contributed by atoms with van der Waals surface area (Å²) in [5, 5.41) is 30.1. The van der Waals surface area contributed by atoms with E-state index in [0.29, 0.717) is 12.6 Å². The van der Waals surface area contributed by atoms with Crippen LogP contribution < -0.4 is 5.32 Å². The van der Waals surface area contributed by atoms with Gasteiger partial charge in [0.05, 0.1) is 11.3 Å². The highest BCUT2D eigenvalue weighted by atomic mass is 19.1. The maximum atomic E-state index is 14.5. The van der Waals surface area contributed by atoms with Gasteiger partial charge in [-0.25, -0.2) is 13.6 Å². The summed E-state index contributed by atoms with van der Waals surface area (Å²) in [6, 6.07) is 14.9. The standard InChI is InChI=1S/C21H16F2N2O3/c22-15-7-4-8-17(25-11-12-5-2-1-3-6-12)19(15)20(24)13-10-18(26)14(21(27)28)9-16(13)23/h1-10,24-26H,11H2,(H,27,28). The van der Waals surface area contributed by atoms with E-state index >= 15 is 0 Å². The molecule has 0 unspecified atom stereocenters. The van der Waals surface area contributed by atoms with E-state index in [-0.39, 0.29) is 11.3 Å². The van der Waals surface area contributed by atoms with Crippen LogP contribution in [0.4, 0.5) is 14.5 Å². The third-order valence-electron chi connectivity index (χ3n) is 4.17. The molecule has 3 aromatic carbocycles. The van der Waals surface area contributed by atoms with E-state index in [9.17, 15) is 18.7 Å². The van der Waals surface area contributed by atoms with Gasteiger partial charge in [0.2, 0.25) is 0 Å². The first kappa shape index (κ1) is 19.0. The van der Waals surface area contributed by atoms with Crippen molar-refractivity contribution in [2.75, 3.05) is 5.32 Å². The van der Waals surface area contributed by atoms with Gasteiger partial charge in [0.25, 0.3) is 0 Å². The molecule has 3 rings (SSSR count).